The van der Waals surface area contributed by atoms with Crippen LogP contribution in [0.5, 0.6) is 0 Å². The number of nitrogens with two attached hydrogens (primary N) is 1. The van der Waals surface area contributed by atoms with Gasteiger partial charge < -0.3 is 0 Å². The molecule has 0 fully saturated rings. The lowest BCUT2D eigenvalue weighted by molar-refractivity contribution is 0.598. The Morgan fingerprint density at radius 3 is 2.00 bits per heavy atom. The molecule has 0 amide bonds. The molecule has 116 valence electrons. The first kappa shape index (κ1) is 15.4. The van der Waals surface area contributed by atoms with E-state index in [-0.39, 0.29) is 10.7 Å². The van der Waals surface area contributed by atoms with Crippen LogP contribution >= 0.6 is 0 Å². The van der Waals surface area contributed by atoms with Crippen LogP contribution in [0.4, 0.5) is 4.39 Å². The van der Waals surface area contributed by atoms with E-state index in [4.69, 9.17) is 5.14 Å². The van der Waals surface area contributed by atoms with Gasteiger partial charge in [-0.1, -0.05) is 54.6 Å². The standard InChI is InChI=1S/C18H14FNO2S/c19-14-7-5-6-13(12-14)15-8-1-2-9-16(15)17-10-3-4-11-18(17)23(20,21)22/h1-12H,(H2,20,21,22). The molecule has 5 heteroatoms. The van der Waals surface area contributed by atoms with Crippen molar-refractivity contribution >= 4 is 10.0 Å². The lowest BCUT2D eigenvalue weighted by Gasteiger charge is -2.13. The number of halogens is 1. The Kier molecular flexibility index (Phi) is 3.98. The summed E-state index contributed by atoms with van der Waals surface area (Å²) >= 11 is 0. The van der Waals surface area contributed by atoms with Gasteiger partial charge in [0.05, 0.1) is 4.90 Å². The fourth-order valence-electron chi connectivity index (χ4n) is 2.56. The van der Waals surface area contributed by atoms with E-state index in [2.05, 4.69) is 0 Å². The molecule has 3 nitrogen and oxygen atoms in total. The van der Waals surface area contributed by atoms with Crippen LogP contribution in [0.25, 0.3) is 22.3 Å². The number of primary sulfonamides is 1. The molecular weight excluding hydrogens is 313 g/mol. The minimum absolute atomic E-state index is 0.0452. The summed E-state index contributed by atoms with van der Waals surface area (Å²) in [5.74, 6) is -0.350. The molecule has 0 aliphatic rings. The summed E-state index contributed by atoms with van der Waals surface area (Å²) in [5.41, 5.74) is 2.59. The second-order valence-corrected chi connectivity index (χ2v) is 6.63. The van der Waals surface area contributed by atoms with Crippen LogP contribution in [0.15, 0.2) is 77.7 Å². The zero-order valence-electron chi connectivity index (χ0n) is 12.1. The van der Waals surface area contributed by atoms with Crippen molar-refractivity contribution < 1.29 is 12.8 Å². The van der Waals surface area contributed by atoms with Crippen molar-refractivity contribution in [2.24, 2.45) is 5.14 Å². The normalized spacial score (nSPS) is 11.4. The summed E-state index contributed by atoms with van der Waals surface area (Å²) < 4.78 is 37.2. The SMILES string of the molecule is NS(=O)(=O)c1ccccc1-c1ccccc1-c1cccc(F)c1. The van der Waals surface area contributed by atoms with Crippen LogP contribution in [0.2, 0.25) is 0 Å². The van der Waals surface area contributed by atoms with Crippen LogP contribution in [0.3, 0.4) is 0 Å². The van der Waals surface area contributed by atoms with Gasteiger partial charge >= 0.3 is 0 Å². The van der Waals surface area contributed by atoms with Crippen molar-refractivity contribution in [2.45, 2.75) is 4.90 Å². The topological polar surface area (TPSA) is 60.2 Å². The van der Waals surface area contributed by atoms with Gasteiger partial charge in [0.1, 0.15) is 5.82 Å². The highest BCUT2D eigenvalue weighted by molar-refractivity contribution is 7.89. The van der Waals surface area contributed by atoms with Gasteiger partial charge in [0.25, 0.3) is 0 Å². The minimum Gasteiger partial charge on any atom is -0.225 e. The van der Waals surface area contributed by atoms with Gasteiger partial charge in [0, 0.05) is 5.56 Å². The van der Waals surface area contributed by atoms with Crippen molar-refractivity contribution in [3.8, 4) is 22.3 Å². The average molecular weight is 327 g/mol. The number of benzene rings is 3. The smallest absolute Gasteiger partial charge is 0.225 e. The molecule has 23 heavy (non-hydrogen) atoms. The molecule has 0 radical (unpaired) electrons. The van der Waals surface area contributed by atoms with E-state index in [1.807, 2.05) is 12.1 Å². The lowest BCUT2D eigenvalue weighted by atomic mass is 9.94. The molecule has 0 heterocycles. The number of hydrogen-bond donors (Lipinski definition) is 1. The van der Waals surface area contributed by atoms with Crippen molar-refractivity contribution in [3.63, 3.8) is 0 Å². The van der Waals surface area contributed by atoms with Gasteiger partial charge in [-0.2, -0.15) is 0 Å². The van der Waals surface area contributed by atoms with Crippen LogP contribution in [-0.2, 0) is 10.0 Å². The summed E-state index contributed by atoms with van der Waals surface area (Å²) in [6.07, 6.45) is 0. The zero-order valence-corrected chi connectivity index (χ0v) is 12.9. The van der Waals surface area contributed by atoms with Gasteiger partial charge in [-0.05, 0) is 34.9 Å². The fourth-order valence-corrected chi connectivity index (χ4v) is 3.32. The largest absolute Gasteiger partial charge is 0.238 e. The van der Waals surface area contributed by atoms with Gasteiger partial charge in [-0.25, -0.2) is 17.9 Å². The third-order valence-electron chi connectivity index (χ3n) is 3.55. The number of hydrogen-bond acceptors (Lipinski definition) is 2. The molecule has 3 rings (SSSR count). The Bertz CT molecular complexity index is 968. The van der Waals surface area contributed by atoms with E-state index in [9.17, 15) is 12.8 Å². The van der Waals surface area contributed by atoms with Crippen molar-refractivity contribution in [1.82, 2.24) is 0 Å². The van der Waals surface area contributed by atoms with Gasteiger partial charge in [0.15, 0.2) is 0 Å². The van der Waals surface area contributed by atoms with E-state index in [0.717, 1.165) is 5.56 Å². The first-order chi connectivity index (χ1) is 11.0. The molecule has 0 spiro atoms. The molecular formula is C18H14FNO2S. The van der Waals surface area contributed by atoms with Crippen LogP contribution in [0.1, 0.15) is 0 Å². The molecule has 3 aromatic carbocycles. The molecule has 0 aliphatic heterocycles. The highest BCUT2D eigenvalue weighted by Crippen LogP contribution is 2.35. The summed E-state index contributed by atoms with van der Waals surface area (Å²) in [6, 6.07) is 19.9. The van der Waals surface area contributed by atoms with Crippen LogP contribution in [0, 0.1) is 5.82 Å². The predicted octanol–water partition coefficient (Wildman–Crippen LogP) is 3.81. The van der Waals surface area contributed by atoms with E-state index in [1.54, 1.807) is 42.5 Å². The average Bonchev–Trinajstić information content (AvgIpc) is 2.54. The zero-order chi connectivity index (χ0) is 16.4. The monoisotopic (exact) mass is 327 g/mol. The van der Waals surface area contributed by atoms with Gasteiger partial charge in [-0.3, -0.25) is 0 Å². The first-order valence-corrected chi connectivity index (χ1v) is 8.48. The lowest BCUT2D eigenvalue weighted by Crippen LogP contribution is -2.13. The highest BCUT2D eigenvalue weighted by Gasteiger charge is 2.17. The Morgan fingerprint density at radius 2 is 1.35 bits per heavy atom. The summed E-state index contributed by atoms with van der Waals surface area (Å²) in [6.45, 7) is 0. The maximum absolute atomic E-state index is 13.5. The number of sulfonamides is 1. The summed E-state index contributed by atoms with van der Waals surface area (Å²) in [4.78, 5) is 0.0452. The predicted molar refractivity (Wildman–Crippen MR) is 88.6 cm³/mol. The minimum atomic E-state index is -3.86. The number of rotatable bonds is 3. The van der Waals surface area contributed by atoms with Gasteiger partial charge in [-0.15, -0.1) is 0 Å². The Morgan fingerprint density at radius 1 is 0.739 bits per heavy atom. The Balaban J connectivity index is 2.28. The van der Waals surface area contributed by atoms with E-state index in [1.165, 1.54) is 18.2 Å². The molecule has 2 N–H and O–H groups in total. The molecule has 0 saturated carbocycles. The highest BCUT2D eigenvalue weighted by atomic mass is 32.2. The third kappa shape index (κ3) is 3.16. The second kappa shape index (κ2) is 5.95. The second-order valence-electron chi connectivity index (χ2n) is 5.10. The van der Waals surface area contributed by atoms with Crippen molar-refractivity contribution in [3.05, 3.63) is 78.6 Å². The van der Waals surface area contributed by atoms with E-state index in [0.29, 0.717) is 16.7 Å². The van der Waals surface area contributed by atoms with Crippen molar-refractivity contribution in [2.75, 3.05) is 0 Å². The molecule has 3 aromatic rings. The maximum Gasteiger partial charge on any atom is 0.238 e. The summed E-state index contributed by atoms with van der Waals surface area (Å²) in [5, 5.41) is 5.32. The van der Waals surface area contributed by atoms with Gasteiger partial charge in [0.2, 0.25) is 10.0 Å². The molecule has 0 saturated heterocycles. The third-order valence-corrected chi connectivity index (χ3v) is 4.52. The molecule has 0 aliphatic carbocycles. The molecule has 0 bridgehead atoms. The molecule has 0 unspecified atom stereocenters. The van der Waals surface area contributed by atoms with E-state index >= 15 is 0 Å². The Hall–Kier alpha value is -2.50. The van der Waals surface area contributed by atoms with Crippen LogP contribution in [-0.4, -0.2) is 8.42 Å². The molecule has 0 aromatic heterocycles. The van der Waals surface area contributed by atoms with Crippen LogP contribution < -0.4 is 5.14 Å². The van der Waals surface area contributed by atoms with E-state index < -0.39 is 10.0 Å². The quantitative estimate of drug-likeness (QED) is 0.795. The maximum atomic E-state index is 13.5. The van der Waals surface area contributed by atoms with Crippen molar-refractivity contribution in [1.29, 1.82) is 0 Å². The first-order valence-electron chi connectivity index (χ1n) is 6.94. The Labute approximate surface area is 134 Å². The fraction of sp³-hybridized carbons (Fsp3) is 0. The summed E-state index contributed by atoms with van der Waals surface area (Å²) in [7, 11) is -3.86. The molecule has 0 atom stereocenters.